The third-order valence-electron chi connectivity index (χ3n) is 4.84. The summed E-state index contributed by atoms with van der Waals surface area (Å²) in [7, 11) is 0. The molecule has 7 heteroatoms. The Bertz CT molecular complexity index is 835. The molecule has 3 aromatic rings. The molecule has 0 bridgehead atoms. The average molecular weight is 398 g/mol. The maximum absolute atomic E-state index is 12.6. The lowest BCUT2D eigenvalue weighted by Crippen LogP contribution is -2.27. The lowest BCUT2D eigenvalue weighted by molar-refractivity contribution is 0.0941. The number of para-hydroxylation sites is 1. The molecule has 2 aromatic carbocycles. The Kier molecular flexibility index (Phi) is 6.79. The van der Waals surface area contributed by atoms with Gasteiger partial charge >= 0.3 is 0 Å². The second-order valence-corrected chi connectivity index (χ2v) is 6.78. The Morgan fingerprint density at radius 2 is 1.82 bits per heavy atom. The first-order chi connectivity index (χ1) is 13.3. The first-order valence-corrected chi connectivity index (χ1v) is 9.38. The monoisotopic (exact) mass is 397 g/mol. The standard InChI is InChI=1S/C21H23N5O.ClH/c27-21(23-14-12-16-11-13-22-15-16)19-24-20(17-7-3-1-4-8-17)26(25-19)18-9-5-2-6-10-18;/h1-10,16,22H,11-15H2,(H,23,27);1H. The number of hydrogen-bond donors (Lipinski definition) is 2. The lowest BCUT2D eigenvalue weighted by atomic mass is 10.1. The molecule has 0 aliphatic carbocycles. The highest BCUT2D eigenvalue weighted by atomic mass is 35.5. The molecule has 0 saturated carbocycles. The molecule has 6 nitrogen and oxygen atoms in total. The summed E-state index contributed by atoms with van der Waals surface area (Å²) in [6, 6.07) is 19.6. The van der Waals surface area contributed by atoms with E-state index in [0.717, 1.165) is 30.8 Å². The van der Waals surface area contributed by atoms with Crippen molar-refractivity contribution in [3.8, 4) is 17.1 Å². The molecule has 146 valence electrons. The minimum absolute atomic E-state index is 0. The fraction of sp³-hybridized carbons (Fsp3) is 0.286. The summed E-state index contributed by atoms with van der Waals surface area (Å²) >= 11 is 0. The normalized spacial score (nSPS) is 15.8. The molecular weight excluding hydrogens is 374 g/mol. The molecule has 1 aliphatic rings. The average Bonchev–Trinajstić information content (AvgIpc) is 3.39. The molecule has 4 rings (SSSR count). The van der Waals surface area contributed by atoms with Gasteiger partial charge in [0.25, 0.3) is 5.91 Å². The lowest BCUT2D eigenvalue weighted by Gasteiger charge is -2.07. The number of nitrogens with one attached hydrogen (secondary N) is 2. The van der Waals surface area contributed by atoms with E-state index >= 15 is 0 Å². The van der Waals surface area contributed by atoms with Crippen molar-refractivity contribution < 1.29 is 4.79 Å². The molecular formula is C21H24ClN5O. The van der Waals surface area contributed by atoms with Crippen LogP contribution >= 0.6 is 12.4 Å². The summed E-state index contributed by atoms with van der Waals surface area (Å²) in [5.41, 5.74) is 1.80. The van der Waals surface area contributed by atoms with E-state index in [1.54, 1.807) is 4.68 Å². The van der Waals surface area contributed by atoms with Gasteiger partial charge in [0.15, 0.2) is 5.82 Å². The van der Waals surface area contributed by atoms with Crippen LogP contribution in [0.5, 0.6) is 0 Å². The predicted molar refractivity (Wildman–Crippen MR) is 112 cm³/mol. The van der Waals surface area contributed by atoms with Crippen LogP contribution in [-0.2, 0) is 0 Å². The van der Waals surface area contributed by atoms with Gasteiger partial charge in [-0.15, -0.1) is 17.5 Å². The topological polar surface area (TPSA) is 71.8 Å². The van der Waals surface area contributed by atoms with Crippen LogP contribution in [-0.4, -0.2) is 40.3 Å². The number of amides is 1. The van der Waals surface area contributed by atoms with Crippen LogP contribution < -0.4 is 10.6 Å². The maximum atomic E-state index is 12.6. The third kappa shape index (κ3) is 4.58. The highest BCUT2D eigenvalue weighted by molar-refractivity contribution is 5.91. The van der Waals surface area contributed by atoms with Crippen molar-refractivity contribution in [2.24, 2.45) is 5.92 Å². The molecule has 28 heavy (non-hydrogen) atoms. The molecule has 1 aromatic heterocycles. The van der Waals surface area contributed by atoms with E-state index in [-0.39, 0.29) is 24.1 Å². The molecule has 0 spiro atoms. The Labute approximate surface area is 170 Å². The second kappa shape index (κ2) is 9.48. The maximum Gasteiger partial charge on any atom is 0.290 e. The molecule has 1 aliphatic heterocycles. The number of nitrogens with zero attached hydrogens (tertiary/aromatic N) is 3. The number of rotatable bonds is 6. The summed E-state index contributed by atoms with van der Waals surface area (Å²) in [6.45, 7) is 2.75. The van der Waals surface area contributed by atoms with Gasteiger partial charge in [0, 0.05) is 12.1 Å². The number of benzene rings is 2. The number of hydrogen-bond acceptors (Lipinski definition) is 4. The first kappa shape index (κ1) is 20.0. The van der Waals surface area contributed by atoms with E-state index in [0.29, 0.717) is 18.3 Å². The van der Waals surface area contributed by atoms with E-state index in [1.807, 2.05) is 60.7 Å². The molecule has 1 unspecified atom stereocenters. The van der Waals surface area contributed by atoms with Crippen LogP contribution in [0.2, 0.25) is 0 Å². The quantitative estimate of drug-likeness (QED) is 0.670. The van der Waals surface area contributed by atoms with Gasteiger partial charge in [0.2, 0.25) is 5.82 Å². The second-order valence-electron chi connectivity index (χ2n) is 6.78. The summed E-state index contributed by atoms with van der Waals surface area (Å²) in [5.74, 6) is 1.27. The first-order valence-electron chi connectivity index (χ1n) is 9.38. The molecule has 1 saturated heterocycles. The molecule has 2 N–H and O–H groups in total. The van der Waals surface area contributed by atoms with E-state index < -0.39 is 0 Å². The van der Waals surface area contributed by atoms with Crippen LogP contribution in [0.3, 0.4) is 0 Å². The van der Waals surface area contributed by atoms with Crippen molar-refractivity contribution in [2.45, 2.75) is 12.8 Å². The number of aromatic nitrogens is 3. The number of carbonyl (C=O) groups excluding carboxylic acids is 1. The van der Waals surface area contributed by atoms with E-state index in [9.17, 15) is 4.79 Å². The van der Waals surface area contributed by atoms with Gasteiger partial charge in [-0.05, 0) is 44.0 Å². The highest BCUT2D eigenvalue weighted by Gasteiger charge is 2.19. The van der Waals surface area contributed by atoms with Gasteiger partial charge in [-0.3, -0.25) is 4.79 Å². The van der Waals surface area contributed by atoms with Crippen molar-refractivity contribution in [3.05, 3.63) is 66.5 Å². The van der Waals surface area contributed by atoms with Gasteiger partial charge < -0.3 is 10.6 Å². The Morgan fingerprint density at radius 3 is 2.50 bits per heavy atom. The van der Waals surface area contributed by atoms with Crippen LogP contribution in [0.25, 0.3) is 17.1 Å². The van der Waals surface area contributed by atoms with Gasteiger partial charge in [-0.2, -0.15) is 0 Å². The minimum atomic E-state index is -0.229. The summed E-state index contributed by atoms with van der Waals surface area (Å²) in [4.78, 5) is 17.1. The highest BCUT2D eigenvalue weighted by Crippen LogP contribution is 2.21. The van der Waals surface area contributed by atoms with Gasteiger partial charge in [-0.25, -0.2) is 9.67 Å². The van der Waals surface area contributed by atoms with Crippen molar-refractivity contribution in [3.63, 3.8) is 0 Å². The van der Waals surface area contributed by atoms with Crippen molar-refractivity contribution in [1.29, 1.82) is 0 Å². The van der Waals surface area contributed by atoms with Crippen molar-refractivity contribution in [1.82, 2.24) is 25.4 Å². The van der Waals surface area contributed by atoms with Crippen LogP contribution in [0.1, 0.15) is 23.5 Å². The third-order valence-corrected chi connectivity index (χ3v) is 4.84. The summed E-state index contributed by atoms with van der Waals surface area (Å²) < 4.78 is 1.73. The van der Waals surface area contributed by atoms with Gasteiger partial charge in [0.05, 0.1) is 5.69 Å². The van der Waals surface area contributed by atoms with E-state index in [2.05, 4.69) is 20.7 Å². The molecule has 1 atom stereocenters. The van der Waals surface area contributed by atoms with E-state index in [1.165, 1.54) is 6.42 Å². The molecule has 1 fully saturated rings. The fourth-order valence-corrected chi connectivity index (χ4v) is 3.36. The number of halogens is 1. The summed E-state index contributed by atoms with van der Waals surface area (Å²) in [5, 5.41) is 10.8. The minimum Gasteiger partial charge on any atom is -0.349 e. The van der Waals surface area contributed by atoms with Gasteiger partial charge in [-0.1, -0.05) is 48.5 Å². The molecule has 1 amide bonds. The van der Waals surface area contributed by atoms with Gasteiger partial charge in [0.1, 0.15) is 0 Å². The number of carbonyl (C=O) groups is 1. The molecule has 2 heterocycles. The predicted octanol–water partition coefficient (Wildman–Crippen LogP) is 3.09. The van der Waals surface area contributed by atoms with Crippen LogP contribution in [0.15, 0.2) is 60.7 Å². The van der Waals surface area contributed by atoms with Crippen molar-refractivity contribution in [2.75, 3.05) is 19.6 Å². The van der Waals surface area contributed by atoms with E-state index in [4.69, 9.17) is 0 Å². The zero-order valence-electron chi connectivity index (χ0n) is 15.5. The molecule has 0 radical (unpaired) electrons. The zero-order valence-corrected chi connectivity index (χ0v) is 16.4. The SMILES string of the molecule is Cl.O=C(NCCC1CCNC1)c1nc(-c2ccccc2)n(-c2ccccc2)n1. The summed E-state index contributed by atoms with van der Waals surface area (Å²) in [6.07, 6.45) is 2.15. The zero-order chi connectivity index (χ0) is 18.5. The smallest absolute Gasteiger partial charge is 0.290 e. The van der Waals surface area contributed by atoms with Crippen LogP contribution in [0.4, 0.5) is 0 Å². The Hall–Kier alpha value is -2.70. The fourth-order valence-electron chi connectivity index (χ4n) is 3.36. The van der Waals surface area contributed by atoms with Crippen LogP contribution in [0, 0.1) is 5.92 Å². The Morgan fingerprint density at radius 1 is 1.11 bits per heavy atom. The Balaban J connectivity index is 0.00000225. The largest absolute Gasteiger partial charge is 0.349 e. The van der Waals surface area contributed by atoms with Crippen molar-refractivity contribution >= 4 is 18.3 Å².